The van der Waals surface area contributed by atoms with Crippen LogP contribution in [0.25, 0.3) is 11.0 Å². The number of nitrogens with one attached hydrogen (secondary N) is 2. The molecule has 0 bridgehead atoms. The monoisotopic (exact) mass is 388 g/mol. The summed E-state index contributed by atoms with van der Waals surface area (Å²) in [6.45, 7) is 6.85. The Morgan fingerprint density at radius 1 is 1.30 bits per heavy atom. The highest BCUT2D eigenvalue weighted by molar-refractivity contribution is 7.99. The molecule has 3 rings (SSSR count). The van der Waals surface area contributed by atoms with Crippen LogP contribution in [0.2, 0.25) is 0 Å². The highest BCUT2D eigenvalue weighted by Gasteiger charge is 2.31. The van der Waals surface area contributed by atoms with Gasteiger partial charge in [0.05, 0.1) is 29.3 Å². The van der Waals surface area contributed by atoms with E-state index in [2.05, 4.69) is 22.1 Å². The van der Waals surface area contributed by atoms with Gasteiger partial charge in [-0.3, -0.25) is 0 Å². The largest absolute Gasteiger partial charge is 0.463 e. The minimum Gasteiger partial charge on any atom is -0.463 e. The number of fused-ring (bicyclic) bond motifs is 1. The highest BCUT2D eigenvalue weighted by atomic mass is 32.2. The molecule has 1 aliphatic rings. The number of thioether (sulfide) groups is 1. The van der Waals surface area contributed by atoms with Crippen LogP contribution in [0.3, 0.4) is 0 Å². The quantitative estimate of drug-likeness (QED) is 0.562. The molecule has 27 heavy (non-hydrogen) atoms. The van der Waals surface area contributed by atoms with Gasteiger partial charge in [-0.25, -0.2) is 14.6 Å². The van der Waals surface area contributed by atoms with E-state index in [0.717, 1.165) is 22.7 Å². The summed E-state index contributed by atoms with van der Waals surface area (Å²) >= 11 is 1.50. The highest BCUT2D eigenvalue weighted by Crippen LogP contribution is 2.27. The van der Waals surface area contributed by atoms with Gasteiger partial charge in [0.2, 0.25) is 0 Å². The van der Waals surface area contributed by atoms with Crippen LogP contribution in [-0.4, -0.2) is 40.0 Å². The number of hydrogen-bond donors (Lipinski definition) is 2. The number of urea groups is 1. The molecule has 1 unspecified atom stereocenters. The molecule has 2 N–H and O–H groups in total. The molecule has 2 aromatic rings. The number of para-hydroxylation sites is 2. The van der Waals surface area contributed by atoms with Crippen LogP contribution in [0, 0.1) is 0 Å². The Morgan fingerprint density at radius 2 is 2.07 bits per heavy atom. The number of nitrogens with zero attached hydrogens (tertiary/aromatic N) is 2. The Labute approximate surface area is 162 Å². The summed E-state index contributed by atoms with van der Waals surface area (Å²) < 4.78 is 7.34. The molecule has 0 saturated heterocycles. The maximum atomic E-state index is 12.5. The van der Waals surface area contributed by atoms with Crippen molar-refractivity contribution in [3.05, 3.63) is 35.5 Å². The summed E-state index contributed by atoms with van der Waals surface area (Å²) in [4.78, 5) is 29.2. The van der Waals surface area contributed by atoms with Crippen LogP contribution in [0.4, 0.5) is 4.79 Å². The van der Waals surface area contributed by atoms with Gasteiger partial charge in [-0.05, 0) is 32.4 Å². The Morgan fingerprint density at radius 3 is 2.78 bits per heavy atom. The fraction of sp³-hybridized carbons (Fsp3) is 0.421. The second kappa shape index (κ2) is 8.47. The van der Waals surface area contributed by atoms with E-state index in [0.29, 0.717) is 30.1 Å². The molecular formula is C19H24N4O3S. The van der Waals surface area contributed by atoms with Crippen molar-refractivity contribution >= 4 is 34.8 Å². The molecule has 0 spiro atoms. The van der Waals surface area contributed by atoms with Gasteiger partial charge in [0, 0.05) is 18.0 Å². The standard InChI is InChI=1S/C19H24N4O3S/c1-4-12-16(17(24)26-6-3)14(21-18(25)20-12)11-27-19-22-13-9-7-8-10-15(13)23(19)5-2/h7-10,12H,4-6,11H2,1-3H3,(H2,20,21,25). The molecule has 0 radical (unpaired) electrons. The minimum absolute atomic E-state index is 0.290. The summed E-state index contributed by atoms with van der Waals surface area (Å²) in [7, 11) is 0. The zero-order valence-corrected chi connectivity index (χ0v) is 16.6. The number of esters is 1. The maximum absolute atomic E-state index is 12.5. The van der Waals surface area contributed by atoms with Crippen LogP contribution in [0.1, 0.15) is 27.2 Å². The first-order valence-electron chi connectivity index (χ1n) is 9.14. The first kappa shape index (κ1) is 19.3. The Balaban J connectivity index is 1.91. The predicted octanol–water partition coefficient (Wildman–Crippen LogP) is 3.06. The Hall–Kier alpha value is -2.48. The predicted molar refractivity (Wildman–Crippen MR) is 106 cm³/mol. The van der Waals surface area contributed by atoms with E-state index in [9.17, 15) is 9.59 Å². The number of benzene rings is 1. The van der Waals surface area contributed by atoms with E-state index >= 15 is 0 Å². The molecule has 8 heteroatoms. The van der Waals surface area contributed by atoms with Crippen molar-refractivity contribution in [1.82, 2.24) is 20.2 Å². The molecule has 1 aliphatic heterocycles. The lowest BCUT2D eigenvalue weighted by Crippen LogP contribution is -2.50. The zero-order chi connectivity index (χ0) is 19.4. The first-order valence-corrected chi connectivity index (χ1v) is 10.1. The number of ether oxygens (including phenoxy) is 1. The number of amides is 2. The maximum Gasteiger partial charge on any atom is 0.337 e. The zero-order valence-electron chi connectivity index (χ0n) is 15.7. The molecule has 144 valence electrons. The molecule has 0 saturated carbocycles. The van der Waals surface area contributed by atoms with Gasteiger partial charge in [0.15, 0.2) is 5.16 Å². The summed E-state index contributed by atoms with van der Waals surface area (Å²) in [6.07, 6.45) is 0.614. The first-order chi connectivity index (χ1) is 13.1. The Kier molecular flexibility index (Phi) is 6.05. The number of imidazole rings is 1. The van der Waals surface area contributed by atoms with Gasteiger partial charge >= 0.3 is 12.0 Å². The lowest BCUT2D eigenvalue weighted by molar-refractivity contribution is -0.139. The lowest BCUT2D eigenvalue weighted by atomic mass is 10.0. The molecular weight excluding hydrogens is 364 g/mol. The normalized spacial score (nSPS) is 17.0. The van der Waals surface area contributed by atoms with Gasteiger partial charge in [-0.2, -0.15) is 0 Å². The molecule has 1 aromatic carbocycles. The van der Waals surface area contributed by atoms with Gasteiger partial charge < -0.3 is 19.9 Å². The molecule has 1 aromatic heterocycles. The number of hydrogen-bond acceptors (Lipinski definition) is 5. The second-order valence-corrected chi connectivity index (χ2v) is 7.03. The van der Waals surface area contributed by atoms with Crippen molar-refractivity contribution in [2.24, 2.45) is 0 Å². The third-order valence-electron chi connectivity index (χ3n) is 4.43. The number of aromatic nitrogens is 2. The summed E-state index contributed by atoms with van der Waals surface area (Å²) in [5.41, 5.74) is 3.08. The van der Waals surface area contributed by atoms with Crippen LogP contribution in [-0.2, 0) is 16.1 Å². The molecule has 7 nitrogen and oxygen atoms in total. The van der Waals surface area contributed by atoms with Crippen LogP contribution >= 0.6 is 11.8 Å². The molecule has 1 atom stereocenters. The van der Waals surface area contributed by atoms with Gasteiger partial charge in [-0.15, -0.1) is 0 Å². The van der Waals surface area contributed by atoms with Gasteiger partial charge in [-0.1, -0.05) is 30.8 Å². The van der Waals surface area contributed by atoms with Crippen LogP contribution in [0.15, 0.2) is 40.7 Å². The molecule has 2 amide bonds. The van der Waals surface area contributed by atoms with Crippen LogP contribution in [0.5, 0.6) is 0 Å². The smallest absolute Gasteiger partial charge is 0.337 e. The van der Waals surface area contributed by atoms with E-state index in [4.69, 9.17) is 9.72 Å². The minimum atomic E-state index is -0.392. The van der Waals surface area contributed by atoms with Gasteiger partial charge in [0.25, 0.3) is 0 Å². The van der Waals surface area contributed by atoms with E-state index in [1.54, 1.807) is 6.92 Å². The SMILES string of the molecule is CCOC(=O)C1=C(CSc2nc3ccccc3n2CC)NC(=O)NC1CC. The summed E-state index contributed by atoms with van der Waals surface area (Å²) in [6, 6.07) is 7.33. The molecule has 0 aliphatic carbocycles. The number of aryl methyl sites for hydroxylation is 1. The number of carbonyl (C=O) groups is 2. The molecule has 2 heterocycles. The van der Waals surface area contributed by atoms with Crippen LogP contribution < -0.4 is 10.6 Å². The van der Waals surface area contributed by atoms with Crippen molar-refractivity contribution in [3.8, 4) is 0 Å². The fourth-order valence-electron chi connectivity index (χ4n) is 3.18. The lowest BCUT2D eigenvalue weighted by Gasteiger charge is -2.28. The topological polar surface area (TPSA) is 85.2 Å². The third kappa shape index (κ3) is 3.95. The van der Waals surface area contributed by atoms with Crippen molar-refractivity contribution in [2.75, 3.05) is 12.4 Å². The van der Waals surface area contributed by atoms with Crippen molar-refractivity contribution < 1.29 is 14.3 Å². The number of rotatable bonds is 7. The van der Waals surface area contributed by atoms with Crippen molar-refractivity contribution in [3.63, 3.8) is 0 Å². The van der Waals surface area contributed by atoms with E-state index < -0.39 is 5.97 Å². The summed E-state index contributed by atoms with van der Waals surface area (Å²) in [5.74, 6) is 0.0398. The average molecular weight is 388 g/mol. The Bertz CT molecular complexity index is 890. The van der Waals surface area contributed by atoms with Gasteiger partial charge in [0.1, 0.15) is 0 Å². The second-order valence-electron chi connectivity index (χ2n) is 6.09. The van der Waals surface area contributed by atoms with E-state index in [1.165, 1.54) is 11.8 Å². The number of carbonyl (C=O) groups excluding carboxylic acids is 2. The van der Waals surface area contributed by atoms with E-state index in [1.807, 2.05) is 31.2 Å². The van der Waals surface area contributed by atoms with Crippen molar-refractivity contribution in [2.45, 2.75) is 44.9 Å². The van der Waals surface area contributed by atoms with E-state index in [-0.39, 0.29) is 12.1 Å². The third-order valence-corrected chi connectivity index (χ3v) is 5.43. The van der Waals surface area contributed by atoms with Crippen molar-refractivity contribution in [1.29, 1.82) is 0 Å². The fourth-order valence-corrected chi connectivity index (χ4v) is 4.23. The molecule has 0 fully saturated rings. The average Bonchev–Trinajstić information content (AvgIpc) is 3.03. The summed E-state index contributed by atoms with van der Waals surface area (Å²) in [5, 5.41) is 6.43.